The average molecular weight is 238 g/mol. The molecule has 1 aromatic rings. The monoisotopic (exact) mass is 238 g/mol. The Morgan fingerprint density at radius 2 is 2.12 bits per heavy atom. The maximum atomic E-state index is 13.7. The van der Waals surface area contributed by atoms with Gasteiger partial charge in [0.05, 0.1) is 12.5 Å². The Balaban J connectivity index is 1.91. The topological polar surface area (TPSA) is 26.3 Å². The largest absolute Gasteiger partial charge is 0.466 e. The summed E-state index contributed by atoms with van der Waals surface area (Å²) in [4.78, 5) is 11.6. The summed E-state index contributed by atoms with van der Waals surface area (Å²) in [5.74, 6) is -1.44. The zero-order chi connectivity index (χ0) is 12.2. The van der Waals surface area contributed by atoms with E-state index in [0.717, 1.165) is 12.1 Å². The highest BCUT2D eigenvalue weighted by Crippen LogP contribution is 2.62. The van der Waals surface area contributed by atoms with Gasteiger partial charge in [-0.25, -0.2) is 8.78 Å². The lowest BCUT2D eigenvalue weighted by Gasteiger charge is -2.09. The Morgan fingerprint density at radius 3 is 2.82 bits per heavy atom. The predicted molar refractivity (Wildman–Crippen MR) is 56.4 cm³/mol. The second kappa shape index (κ2) is 3.52. The van der Waals surface area contributed by atoms with Crippen molar-refractivity contribution in [2.75, 3.05) is 6.61 Å². The fourth-order valence-electron chi connectivity index (χ4n) is 2.99. The molecule has 0 spiro atoms. The van der Waals surface area contributed by atoms with Crippen molar-refractivity contribution in [3.05, 3.63) is 34.9 Å². The molecule has 2 nitrogen and oxygen atoms in total. The van der Waals surface area contributed by atoms with E-state index in [0.29, 0.717) is 24.2 Å². The van der Waals surface area contributed by atoms with Gasteiger partial charge >= 0.3 is 5.97 Å². The number of carbonyl (C=O) groups excluding carboxylic acids is 1. The zero-order valence-electron chi connectivity index (χ0n) is 9.37. The van der Waals surface area contributed by atoms with E-state index in [4.69, 9.17) is 4.74 Å². The van der Waals surface area contributed by atoms with Gasteiger partial charge in [-0.2, -0.15) is 0 Å². The zero-order valence-corrected chi connectivity index (χ0v) is 9.37. The molecule has 2 aliphatic rings. The summed E-state index contributed by atoms with van der Waals surface area (Å²) >= 11 is 0. The van der Waals surface area contributed by atoms with Crippen molar-refractivity contribution in [1.29, 1.82) is 0 Å². The third-order valence-corrected chi connectivity index (χ3v) is 3.75. The van der Waals surface area contributed by atoms with Crippen LogP contribution in [0.5, 0.6) is 0 Å². The van der Waals surface area contributed by atoms with Gasteiger partial charge < -0.3 is 4.74 Å². The SMILES string of the molecule is CCOC(=O)C1[C@H]2Cc3c(F)ccc(F)c3[C@@H]12. The molecule has 1 unspecified atom stereocenters. The summed E-state index contributed by atoms with van der Waals surface area (Å²) in [7, 11) is 0. The quantitative estimate of drug-likeness (QED) is 0.739. The van der Waals surface area contributed by atoms with Gasteiger partial charge in [-0.15, -0.1) is 0 Å². The highest BCUT2D eigenvalue weighted by atomic mass is 19.1. The second-order valence-corrected chi connectivity index (χ2v) is 4.59. The van der Waals surface area contributed by atoms with Crippen molar-refractivity contribution in [2.24, 2.45) is 11.8 Å². The molecule has 1 saturated carbocycles. The number of halogens is 2. The lowest BCUT2D eigenvalue weighted by atomic mass is 10.0. The Labute approximate surface area is 97.6 Å². The van der Waals surface area contributed by atoms with E-state index in [1.54, 1.807) is 6.92 Å². The number of hydrogen-bond acceptors (Lipinski definition) is 2. The van der Waals surface area contributed by atoms with Crippen LogP contribution in [0.25, 0.3) is 0 Å². The van der Waals surface area contributed by atoms with Crippen molar-refractivity contribution >= 4 is 5.97 Å². The summed E-state index contributed by atoms with van der Waals surface area (Å²) in [6.45, 7) is 2.07. The molecular formula is C13H12F2O2. The molecule has 17 heavy (non-hydrogen) atoms. The normalized spacial score (nSPS) is 28.5. The summed E-state index contributed by atoms with van der Waals surface area (Å²) in [6, 6.07) is 2.29. The van der Waals surface area contributed by atoms with Gasteiger partial charge in [0.1, 0.15) is 11.6 Å². The minimum atomic E-state index is -0.402. The Kier molecular flexibility index (Phi) is 2.21. The molecule has 1 aromatic carbocycles. The van der Waals surface area contributed by atoms with Gasteiger partial charge in [0.2, 0.25) is 0 Å². The third-order valence-electron chi connectivity index (χ3n) is 3.75. The van der Waals surface area contributed by atoms with Crippen molar-refractivity contribution in [3.8, 4) is 0 Å². The van der Waals surface area contributed by atoms with Crippen LogP contribution >= 0.6 is 0 Å². The number of ether oxygens (including phenoxy) is 1. The number of carbonyl (C=O) groups is 1. The molecule has 1 fully saturated rings. The number of fused-ring (bicyclic) bond motifs is 3. The maximum absolute atomic E-state index is 13.7. The Morgan fingerprint density at radius 1 is 1.41 bits per heavy atom. The lowest BCUT2D eigenvalue weighted by Crippen LogP contribution is -2.12. The summed E-state index contributed by atoms with van der Waals surface area (Å²) in [5, 5.41) is 0. The molecule has 4 heteroatoms. The van der Waals surface area contributed by atoms with E-state index >= 15 is 0 Å². The highest BCUT2D eigenvalue weighted by Gasteiger charge is 2.61. The summed E-state index contributed by atoms with van der Waals surface area (Å²) < 4.78 is 32.0. The first-order chi connectivity index (χ1) is 8.15. The fourth-order valence-corrected chi connectivity index (χ4v) is 2.99. The van der Waals surface area contributed by atoms with Gasteiger partial charge in [0.15, 0.2) is 0 Å². The molecule has 3 atom stereocenters. The standard InChI is InChI=1S/C13H12F2O2/c1-2-17-13(16)12-7-5-6-8(14)3-4-9(15)10(6)11(7)12/h3-4,7,11-12H,2,5H2,1H3/t7-,11-,12?/m0/s1. The number of hydrogen-bond donors (Lipinski definition) is 0. The first-order valence-electron chi connectivity index (χ1n) is 5.78. The van der Waals surface area contributed by atoms with Crippen LogP contribution in [0, 0.1) is 23.5 Å². The Bertz CT molecular complexity index is 498. The van der Waals surface area contributed by atoms with Crippen LogP contribution in [0.2, 0.25) is 0 Å². The van der Waals surface area contributed by atoms with Gasteiger partial charge in [-0.05, 0) is 42.5 Å². The number of rotatable bonds is 2. The molecular weight excluding hydrogens is 226 g/mol. The number of benzene rings is 1. The van der Waals surface area contributed by atoms with E-state index in [1.807, 2.05) is 0 Å². The van der Waals surface area contributed by atoms with Gasteiger partial charge in [0.25, 0.3) is 0 Å². The van der Waals surface area contributed by atoms with Crippen LogP contribution in [-0.4, -0.2) is 12.6 Å². The predicted octanol–water partition coefficient (Wildman–Crippen LogP) is 2.41. The van der Waals surface area contributed by atoms with Gasteiger partial charge in [-0.3, -0.25) is 4.79 Å². The molecule has 0 radical (unpaired) electrons. The Hall–Kier alpha value is -1.45. The van der Waals surface area contributed by atoms with E-state index in [2.05, 4.69) is 0 Å². The molecule has 0 aliphatic heterocycles. The molecule has 2 aliphatic carbocycles. The van der Waals surface area contributed by atoms with Crippen molar-refractivity contribution in [2.45, 2.75) is 19.3 Å². The van der Waals surface area contributed by atoms with Crippen molar-refractivity contribution in [3.63, 3.8) is 0 Å². The minimum Gasteiger partial charge on any atom is -0.466 e. The maximum Gasteiger partial charge on any atom is 0.309 e. The van der Waals surface area contributed by atoms with E-state index < -0.39 is 5.82 Å². The molecule has 0 saturated heterocycles. The molecule has 90 valence electrons. The minimum absolute atomic E-state index is 0.0375. The smallest absolute Gasteiger partial charge is 0.309 e. The summed E-state index contributed by atoms with van der Waals surface area (Å²) in [5.41, 5.74) is 0.841. The van der Waals surface area contributed by atoms with Gasteiger partial charge in [0, 0.05) is 5.92 Å². The van der Waals surface area contributed by atoms with Crippen molar-refractivity contribution in [1.82, 2.24) is 0 Å². The highest BCUT2D eigenvalue weighted by molar-refractivity contribution is 5.79. The fraction of sp³-hybridized carbons (Fsp3) is 0.462. The van der Waals surface area contributed by atoms with Crippen molar-refractivity contribution < 1.29 is 18.3 Å². The molecule has 3 rings (SSSR count). The number of esters is 1. The van der Waals surface area contributed by atoms with Crippen LogP contribution in [0.1, 0.15) is 24.0 Å². The van der Waals surface area contributed by atoms with Crippen LogP contribution in [0.15, 0.2) is 12.1 Å². The third kappa shape index (κ3) is 1.39. The molecule has 0 N–H and O–H groups in total. The molecule has 0 bridgehead atoms. The second-order valence-electron chi connectivity index (χ2n) is 4.59. The molecule has 0 amide bonds. The lowest BCUT2D eigenvalue weighted by molar-refractivity contribution is -0.145. The molecule has 0 heterocycles. The summed E-state index contributed by atoms with van der Waals surface area (Å²) in [6.07, 6.45) is 0.451. The average Bonchev–Trinajstić information content (AvgIpc) is 2.86. The van der Waals surface area contributed by atoms with E-state index in [9.17, 15) is 13.6 Å². The van der Waals surface area contributed by atoms with Gasteiger partial charge in [-0.1, -0.05) is 0 Å². The van der Waals surface area contributed by atoms with Crippen LogP contribution in [-0.2, 0) is 16.0 Å². The van der Waals surface area contributed by atoms with E-state index in [-0.39, 0.29) is 29.5 Å². The van der Waals surface area contributed by atoms with Crippen LogP contribution < -0.4 is 0 Å². The molecule has 0 aromatic heterocycles. The first-order valence-corrected chi connectivity index (χ1v) is 5.78. The van der Waals surface area contributed by atoms with Crippen LogP contribution in [0.4, 0.5) is 8.78 Å². The van der Waals surface area contributed by atoms with E-state index in [1.165, 1.54) is 0 Å². The first kappa shape index (κ1) is 10.7. The van der Waals surface area contributed by atoms with Crippen LogP contribution in [0.3, 0.4) is 0 Å².